The van der Waals surface area contributed by atoms with Crippen molar-refractivity contribution in [2.75, 3.05) is 13.2 Å². The van der Waals surface area contributed by atoms with Crippen molar-refractivity contribution in [2.24, 2.45) is 0 Å². The zero-order chi connectivity index (χ0) is 57.1. The quantitative estimate of drug-likeness (QED) is 0.0320. The number of nitrogens with one attached hydrogen (secondary N) is 1. The molecular formula is C73H141NO5. The summed E-state index contributed by atoms with van der Waals surface area (Å²) in [5.41, 5.74) is 0. The van der Waals surface area contributed by atoms with Crippen LogP contribution in [-0.2, 0) is 14.3 Å². The first-order chi connectivity index (χ1) is 39.0. The molecule has 468 valence electrons. The summed E-state index contributed by atoms with van der Waals surface area (Å²) in [7, 11) is 0. The molecule has 2 unspecified atom stereocenters. The molecule has 0 rings (SSSR count). The van der Waals surface area contributed by atoms with Crippen molar-refractivity contribution in [3.8, 4) is 0 Å². The van der Waals surface area contributed by atoms with Gasteiger partial charge in [0.15, 0.2) is 0 Å². The molecule has 1 amide bonds. The highest BCUT2D eigenvalue weighted by molar-refractivity contribution is 5.76. The summed E-state index contributed by atoms with van der Waals surface area (Å²) < 4.78 is 5.48. The fourth-order valence-corrected chi connectivity index (χ4v) is 11.5. The Morgan fingerprint density at radius 1 is 0.354 bits per heavy atom. The van der Waals surface area contributed by atoms with Gasteiger partial charge in [-0.15, -0.1) is 0 Å². The SMILES string of the molecule is CCCC/C=C\C/C=C\CCCCCCCC(=O)OCCCCCCCCCCCCCCCCCCCCCCCCCCCCCCC(=O)NC(CO)C(O)CCCCCCCCCCCCCCCCCCCCCC. The fraction of sp³-hybridized carbons (Fsp3) is 0.918. The van der Waals surface area contributed by atoms with Crippen LogP contribution in [-0.4, -0.2) is 47.4 Å². The predicted molar refractivity (Wildman–Crippen MR) is 347 cm³/mol. The Balaban J connectivity index is 3.35. The van der Waals surface area contributed by atoms with Gasteiger partial charge < -0.3 is 20.3 Å². The maximum Gasteiger partial charge on any atom is 0.305 e. The second-order valence-corrected chi connectivity index (χ2v) is 24.9. The van der Waals surface area contributed by atoms with Crippen LogP contribution in [0, 0.1) is 0 Å². The third-order valence-electron chi connectivity index (χ3n) is 17.0. The van der Waals surface area contributed by atoms with Gasteiger partial charge in [-0.05, 0) is 51.4 Å². The molecule has 0 saturated heterocycles. The van der Waals surface area contributed by atoms with Crippen LogP contribution in [0.4, 0.5) is 0 Å². The zero-order valence-electron chi connectivity index (χ0n) is 53.6. The average molecular weight is 1110 g/mol. The maximum atomic E-state index is 12.5. The molecule has 2 atom stereocenters. The average Bonchev–Trinajstić information content (AvgIpc) is 3.45. The normalized spacial score (nSPS) is 12.6. The molecule has 0 saturated carbocycles. The molecule has 0 aromatic carbocycles. The largest absolute Gasteiger partial charge is 0.466 e. The number of amides is 1. The summed E-state index contributed by atoms with van der Waals surface area (Å²) in [6, 6.07) is -0.540. The van der Waals surface area contributed by atoms with Gasteiger partial charge in [-0.1, -0.05) is 366 Å². The second kappa shape index (κ2) is 68.8. The van der Waals surface area contributed by atoms with Crippen molar-refractivity contribution in [3.05, 3.63) is 24.3 Å². The van der Waals surface area contributed by atoms with Crippen molar-refractivity contribution in [1.29, 1.82) is 0 Å². The lowest BCUT2D eigenvalue weighted by atomic mass is 10.0. The third kappa shape index (κ3) is 65.4. The van der Waals surface area contributed by atoms with Gasteiger partial charge in [0, 0.05) is 12.8 Å². The number of aliphatic hydroxyl groups is 2. The molecule has 0 bridgehead atoms. The lowest BCUT2D eigenvalue weighted by molar-refractivity contribution is -0.143. The molecular weight excluding hydrogens is 971 g/mol. The first kappa shape index (κ1) is 77.3. The van der Waals surface area contributed by atoms with E-state index in [1.165, 1.54) is 321 Å². The number of unbranched alkanes of at least 4 members (excludes halogenated alkanes) is 53. The molecule has 0 aliphatic carbocycles. The van der Waals surface area contributed by atoms with E-state index in [2.05, 4.69) is 43.5 Å². The van der Waals surface area contributed by atoms with E-state index < -0.39 is 12.1 Å². The van der Waals surface area contributed by atoms with Crippen LogP contribution in [0.25, 0.3) is 0 Å². The summed E-state index contributed by atoms with van der Waals surface area (Å²) in [5, 5.41) is 23.4. The minimum Gasteiger partial charge on any atom is -0.466 e. The molecule has 0 aromatic heterocycles. The topological polar surface area (TPSA) is 95.9 Å². The molecule has 0 aromatic rings. The van der Waals surface area contributed by atoms with Crippen molar-refractivity contribution in [2.45, 2.75) is 418 Å². The van der Waals surface area contributed by atoms with E-state index in [1.54, 1.807) is 0 Å². The van der Waals surface area contributed by atoms with Gasteiger partial charge in [0.2, 0.25) is 5.91 Å². The Morgan fingerprint density at radius 3 is 1.00 bits per heavy atom. The zero-order valence-corrected chi connectivity index (χ0v) is 53.6. The molecule has 3 N–H and O–H groups in total. The van der Waals surface area contributed by atoms with E-state index in [0.29, 0.717) is 25.9 Å². The maximum absolute atomic E-state index is 12.5. The minimum atomic E-state index is -0.663. The lowest BCUT2D eigenvalue weighted by Crippen LogP contribution is -2.45. The molecule has 0 aliphatic heterocycles. The highest BCUT2D eigenvalue weighted by atomic mass is 16.5. The monoisotopic (exact) mass is 1110 g/mol. The molecule has 0 fully saturated rings. The molecule has 79 heavy (non-hydrogen) atoms. The standard InChI is InChI=1S/C73H141NO5/c1-3-5-7-9-11-13-15-17-19-20-21-32-35-38-41-45-49-53-57-61-65-71(76)70(69-75)74-72(77)66-62-58-54-50-46-42-39-36-33-30-28-26-24-22-23-25-27-29-31-34-37-40-44-48-52-56-60-64-68-79-73(78)67-63-59-55-51-47-43-18-16-14-12-10-8-6-4-2/h10,12,16,18,70-71,75-76H,3-9,11,13-15,17,19-69H2,1-2H3,(H,74,77)/b12-10-,18-16-. The van der Waals surface area contributed by atoms with Crippen LogP contribution in [0.1, 0.15) is 406 Å². The molecule has 0 radical (unpaired) electrons. The van der Waals surface area contributed by atoms with Gasteiger partial charge in [-0.3, -0.25) is 9.59 Å². The van der Waals surface area contributed by atoms with Crippen molar-refractivity contribution >= 4 is 11.9 Å². The number of rotatable bonds is 68. The lowest BCUT2D eigenvalue weighted by Gasteiger charge is -2.22. The first-order valence-corrected chi connectivity index (χ1v) is 36.1. The van der Waals surface area contributed by atoms with Crippen LogP contribution in [0.5, 0.6) is 0 Å². The summed E-state index contributed by atoms with van der Waals surface area (Å²) in [5.74, 6) is -0.0225. The van der Waals surface area contributed by atoms with E-state index in [0.717, 1.165) is 51.4 Å². The van der Waals surface area contributed by atoms with Gasteiger partial charge >= 0.3 is 5.97 Å². The Labute approximate surface area is 494 Å². The molecule has 0 spiro atoms. The van der Waals surface area contributed by atoms with Crippen LogP contribution in [0.2, 0.25) is 0 Å². The summed E-state index contributed by atoms with van der Waals surface area (Å²) >= 11 is 0. The number of esters is 1. The Morgan fingerprint density at radius 2 is 0.646 bits per heavy atom. The number of hydrogen-bond donors (Lipinski definition) is 3. The van der Waals surface area contributed by atoms with Crippen LogP contribution in [0.15, 0.2) is 24.3 Å². The van der Waals surface area contributed by atoms with Gasteiger partial charge in [-0.25, -0.2) is 0 Å². The minimum absolute atomic E-state index is 0.00489. The first-order valence-electron chi connectivity index (χ1n) is 36.1. The third-order valence-corrected chi connectivity index (χ3v) is 17.0. The van der Waals surface area contributed by atoms with Crippen LogP contribution < -0.4 is 5.32 Å². The predicted octanol–water partition coefficient (Wildman–Crippen LogP) is 23.3. The van der Waals surface area contributed by atoms with Gasteiger partial charge in [0.1, 0.15) is 0 Å². The molecule has 6 heteroatoms. The van der Waals surface area contributed by atoms with E-state index in [4.69, 9.17) is 4.74 Å². The fourth-order valence-electron chi connectivity index (χ4n) is 11.5. The summed E-state index contributed by atoms with van der Waals surface area (Å²) in [6.45, 7) is 4.95. The smallest absolute Gasteiger partial charge is 0.305 e. The van der Waals surface area contributed by atoms with Crippen LogP contribution in [0.3, 0.4) is 0 Å². The van der Waals surface area contributed by atoms with Crippen molar-refractivity contribution in [3.63, 3.8) is 0 Å². The Hall–Kier alpha value is -1.66. The van der Waals surface area contributed by atoms with Gasteiger partial charge in [0.05, 0.1) is 25.4 Å². The van der Waals surface area contributed by atoms with E-state index in [1.807, 2.05) is 0 Å². The molecule has 0 aliphatic rings. The second-order valence-electron chi connectivity index (χ2n) is 24.9. The highest BCUT2D eigenvalue weighted by Gasteiger charge is 2.20. The van der Waals surface area contributed by atoms with E-state index >= 15 is 0 Å². The number of ether oxygens (including phenoxy) is 1. The summed E-state index contributed by atoms with van der Waals surface area (Å²) in [4.78, 5) is 24.6. The number of carbonyl (C=O) groups is 2. The van der Waals surface area contributed by atoms with Crippen molar-refractivity contribution in [1.82, 2.24) is 5.32 Å². The van der Waals surface area contributed by atoms with E-state index in [-0.39, 0.29) is 18.5 Å². The van der Waals surface area contributed by atoms with Crippen molar-refractivity contribution < 1.29 is 24.5 Å². The number of carbonyl (C=O) groups excluding carboxylic acids is 2. The molecule has 0 heterocycles. The summed E-state index contributed by atoms with van der Waals surface area (Å²) in [6.07, 6.45) is 86.6. The van der Waals surface area contributed by atoms with Gasteiger partial charge in [-0.2, -0.15) is 0 Å². The number of allylic oxidation sites excluding steroid dienone is 4. The van der Waals surface area contributed by atoms with Gasteiger partial charge in [0.25, 0.3) is 0 Å². The Bertz CT molecular complexity index is 1230. The molecule has 6 nitrogen and oxygen atoms in total. The Kier molecular flexibility index (Phi) is 67.4. The number of hydrogen-bond acceptors (Lipinski definition) is 5. The highest BCUT2D eigenvalue weighted by Crippen LogP contribution is 2.19. The number of aliphatic hydroxyl groups excluding tert-OH is 2. The van der Waals surface area contributed by atoms with Crippen LogP contribution >= 0.6 is 0 Å². The van der Waals surface area contributed by atoms with E-state index in [9.17, 15) is 19.8 Å².